The molecule has 0 bridgehead atoms. The smallest absolute Gasteiger partial charge is 0.169 e. The molecule has 0 aliphatic carbocycles. The lowest BCUT2D eigenvalue weighted by molar-refractivity contribution is 0.386. The summed E-state index contributed by atoms with van der Waals surface area (Å²) in [5.74, 6) is 2.23. The summed E-state index contributed by atoms with van der Waals surface area (Å²) in [7, 11) is 4.14. The first-order valence-electron chi connectivity index (χ1n) is 8.01. The summed E-state index contributed by atoms with van der Waals surface area (Å²) in [5, 5.41) is 13.0. The number of aromatic nitrogens is 5. The van der Waals surface area contributed by atoms with Gasteiger partial charge in [-0.25, -0.2) is 4.68 Å². The highest BCUT2D eigenvalue weighted by atomic mass is 15.3. The van der Waals surface area contributed by atoms with Gasteiger partial charge in [-0.3, -0.25) is 0 Å². The molecule has 126 valence electrons. The van der Waals surface area contributed by atoms with Crippen molar-refractivity contribution in [1.29, 1.82) is 0 Å². The zero-order chi connectivity index (χ0) is 17.1. The number of anilines is 1. The van der Waals surface area contributed by atoms with Crippen LogP contribution in [-0.2, 0) is 6.54 Å². The number of hydrogen-bond donors (Lipinski definition) is 1. The van der Waals surface area contributed by atoms with Crippen molar-refractivity contribution in [3.8, 4) is 17.1 Å². The maximum Gasteiger partial charge on any atom is 0.169 e. The van der Waals surface area contributed by atoms with Gasteiger partial charge in [0, 0.05) is 6.54 Å². The fraction of sp³-hybridized carbons (Fsp3) is 0.353. The van der Waals surface area contributed by atoms with E-state index in [-0.39, 0.29) is 0 Å². The quantitative estimate of drug-likeness (QED) is 0.750. The Balaban J connectivity index is 1.92. The number of para-hydroxylation sites is 1. The molecule has 0 aliphatic heterocycles. The zero-order valence-corrected chi connectivity index (χ0v) is 14.3. The molecule has 1 aromatic carbocycles. The molecule has 7 heteroatoms. The Kier molecular flexibility index (Phi) is 4.61. The molecule has 0 spiro atoms. The lowest BCUT2D eigenvalue weighted by Gasteiger charge is -2.12. The van der Waals surface area contributed by atoms with Gasteiger partial charge in [0.1, 0.15) is 11.6 Å². The van der Waals surface area contributed by atoms with Crippen molar-refractivity contribution < 1.29 is 0 Å². The molecule has 3 rings (SSSR count). The molecule has 0 fully saturated rings. The Labute approximate surface area is 141 Å². The van der Waals surface area contributed by atoms with Gasteiger partial charge in [0.05, 0.1) is 17.4 Å². The van der Waals surface area contributed by atoms with Crippen LogP contribution in [0.4, 0.5) is 5.82 Å². The first-order valence-corrected chi connectivity index (χ1v) is 8.01. The minimum Gasteiger partial charge on any atom is -0.383 e. The zero-order valence-electron chi connectivity index (χ0n) is 14.3. The van der Waals surface area contributed by atoms with Gasteiger partial charge in [-0.15, -0.1) is 10.2 Å². The van der Waals surface area contributed by atoms with Crippen molar-refractivity contribution in [1.82, 2.24) is 29.4 Å². The summed E-state index contributed by atoms with van der Waals surface area (Å²) >= 11 is 0. The van der Waals surface area contributed by atoms with E-state index in [1.807, 2.05) is 37.3 Å². The summed E-state index contributed by atoms with van der Waals surface area (Å²) in [5.41, 5.74) is 8.07. The average Bonchev–Trinajstić information content (AvgIpc) is 3.11. The van der Waals surface area contributed by atoms with Crippen molar-refractivity contribution in [3.05, 3.63) is 42.4 Å². The van der Waals surface area contributed by atoms with Crippen LogP contribution in [0.25, 0.3) is 17.1 Å². The summed E-state index contributed by atoms with van der Waals surface area (Å²) in [4.78, 5) is 2.17. The van der Waals surface area contributed by atoms with Crippen LogP contribution in [0, 0.1) is 6.92 Å². The van der Waals surface area contributed by atoms with E-state index in [0.29, 0.717) is 5.82 Å². The molecule has 0 aliphatic rings. The van der Waals surface area contributed by atoms with Crippen LogP contribution in [0.5, 0.6) is 0 Å². The molecule has 0 unspecified atom stereocenters. The maximum absolute atomic E-state index is 6.33. The second kappa shape index (κ2) is 6.84. The molecule has 0 saturated heterocycles. The van der Waals surface area contributed by atoms with Crippen molar-refractivity contribution in [2.24, 2.45) is 0 Å². The topological polar surface area (TPSA) is 77.8 Å². The normalized spacial score (nSPS) is 11.3. The molecular weight excluding hydrogens is 302 g/mol. The standard InChI is InChI=1S/C17H23N7/c1-13-20-21-17(23(13)11-7-10-22(2)3)15-12-19-24(16(15)18)14-8-5-4-6-9-14/h4-6,8-9,12H,7,10-11,18H2,1-3H3. The van der Waals surface area contributed by atoms with E-state index in [4.69, 9.17) is 5.73 Å². The van der Waals surface area contributed by atoms with Crippen LogP contribution < -0.4 is 5.73 Å². The molecule has 24 heavy (non-hydrogen) atoms. The predicted octanol–water partition coefficient (Wildman–Crippen LogP) is 1.97. The summed E-state index contributed by atoms with van der Waals surface area (Å²) < 4.78 is 3.83. The van der Waals surface area contributed by atoms with Gasteiger partial charge in [-0.05, 0) is 46.1 Å². The van der Waals surface area contributed by atoms with Gasteiger partial charge in [-0.2, -0.15) is 5.10 Å². The first kappa shape index (κ1) is 16.2. The van der Waals surface area contributed by atoms with Gasteiger partial charge in [0.15, 0.2) is 5.82 Å². The molecule has 0 radical (unpaired) electrons. The summed E-state index contributed by atoms with van der Waals surface area (Å²) in [6.45, 7) is 3.82. The number of benzene rings is 1. The van der Waals surface area contributed by atoms with Crippen molar-refractivity contribution in [2.75, 3.05) is 26.4 Å². The Bertz CT molecular complexity index is 802. The third-order valence-corrected chi connectivity index (χ3v) is 3.97. The van der Waals surface area contributed by atoms with E-state index < -0.39 is 0 Å². The van der Waals surface area contributed by atoms with E-state index >= 15 is 0 Å². The lowest BCUT2D eigenvalue weighted by atomic mass is 10.2. The molecule has 3 aromatic rings. The van der Waals surface area contributed by atoms with E-state index in [2.05, 4.69) is 38.9 Å². The third kappa shape index (κ3) is 3.16. The predicted molar refractivity (Wildman–Crippen MR) is 94.9 cm³/mol. The fourth-order valence-corrected chi connectivity index (χ4v) is 2.70. The Hall–Kier alpha value is -2.67. The van der Waals surface area contributed by atoms with Crippen LogP contribution >= 0.6 is 0 Å². The number of aryl methyl sites for hydroxylation is 1. The molecule has 0 saturated carbocycles. The highest BCUT2D eigenvalue weighted by Crippen LogP contribution is 2.27. The molecule has 0 atom stereocenters. The Morgan fingerprint density at radius 2 is 1.88 bits per heavy atom. The number of nitrogens with two attached hydrogens (primary N) is 1. The Morgan fingerprint density at radius 1 is 1.12 bits per heavy atom. The van der Waals surface area contributed by atoms with E-state index in [0.717, 1.165) is 42.4 Å². The van der Waals surface area contributed by atoms with Gasteiger partial charge in [0.2, 0.25) is 0 Å². The highest BCUT2D eigenvalue weighted by Gasteiger charge is 2.18. The van der Waals surface area contributed by atoms with Gasteiger partial charge in [0.25, 0.3) is 0 Å². The van der Waals surface area contributed by atoms with E-state index in [1.165, 1.54) is 0 Å². The van der Waals surface area contributed by atoms with Crippen molar-refractivity contribution in [2.45, 2.75) is 19.9 Å². The van der Waals surface area contributed by atoms with Crippen LogP contribution in [0.2, 0.25) is 0 Å². The van der Waals surface area contributed by atoms with E-state index in [9.17, 15) is 0 Å². The number of rotatable bonds is 6. The summed E-state index contributed by atoms with van der Waals surface area (Å²) in [6.07, 6.45) is 2.78. The monoisotopic (exact) mass is 325 g/mol. The van der Waals surface area contributed by atoms with Crippen LogP contribution in [0.15, 0.2) is 36.5 Å². The van der Waals surface area contributed by atoms with E-state index in [1.54, 1.807) is 10.9 Å². The Morgan fingerprint density at radius 3 is 2.58 bits per heavy atom. The SMILES string of the molecule is Cc1nnc(-c2cnn(-c3ccccc3)c2N)n1CCCN(C)C. The molecular formula is C17H23N7. The van der Waals surface area contributed by atoms with Gasteiger partial charge in [-0.1, -0.05) is 18.2 Å². The van der Waals surface area contributed by atoms with Crippen LogP contribution in [-0.4, -0.2) is 50.1 Å². The second-order valence-electron chi connectivity index (χ2n) is 6.07. The lowest BCUT2D eigenvalue weighted by Crippen LogP contribution is -2.16. The minimum absolute atomic E-state index is 0.572. The third-order valence-electron chi connectivity index (χ3n) is 3.97. The first-order chi connectivity index (χ1) is 11.6. The maximum atomic E-state index is 6.33. The second-order valence-corrected chi connectivity index (χ2v) is 6.07. The molecule has 2 aromatic heterocycles. The van der Waals surface area contributed by atoms with Crippen LogP contribution in [0.1, 0.15) is 12.2 Å². The number of hydrogen-bond acceptors (Lipinski definition) is 5. The van der Waals surface area contributed by atoms with Gasteiger partial charge < -0.3 is 15.2 Å². The number of nitrogen functional groups attached to an aromatic ring is 1. The largest absolute Gasteiger partial charge is 0.383 e. The molecule has 7 nitrogen and oxygen atoms in total. The number of nitrogens with zero attached hydrogens (tertiary/aromatic N) is 6. The van der Waals surface area contributed by atoms with Crippen molar-refractivity contribution in [3.63, 3.8) is 0 Å². The van der Waals surface area contributed by atoms with Gasteiger partial charge >= 0.3 is 0 Å². The minimum atomic E-state index is 0.572. The fourth-order valence-electron chi connectivity index (χ4n) is 2.70. The van der Waals surface area contributed by atoms with Crippen LogP contribution in [0.3, 0.4) is 0 Å². The molecule has 2 heterocycles. The molecule has 0 amide bonds. The average molecular weight is 325 g/mol. The highest BCUT2D eigenvalue weighted by molar-refractivity contribution is 5.69. The summed E-state index contributed by atoms with van der Waals surface area (Å²) in [6, 6.07) is 9.84. The van der Waals surface area contributed by atoms with Crippen molar-refractivity contribution >= 4 is 5.82 Å². The molecule has 2 N–H and O–H groups in total.